The largest absolute Gasteiger partial charge is 0.481 e. The highest BCUT2D eigenvalue weighted by Crippen LogP contribution is 2.38. The molecule has 1 aromatic carbocycles. The normalized spacial score (nSPS) is 19.9. The summed E-state index contributed by atoms with van der Waals surface area (Å²) in [6.07, 6.45) is 8.78. The number of aryl methyl sites for hydroxylation is 2. The van der Waals surface area contributed by atoms with Gasteiger partial charge in [-0.3, -0.25) is 14.6 Å². The zero-order chi connectivity index (χ0) is 28.0. The molecule has 0 N–H and O–H groups in total. The van der Waals surface area contributed by atoms with Crippen LogP contribution in [-0.4, -0.2) is 69.5 Å². The molecule has 0 unspecified atom stereocenters. The SMILES string of the molecule is C[C@H]1Oc2ccccc2CCCCC2(CCN(C(=O)CCCc3nc(-c4ccccn4)no3)CC2)CN(C)C1=O. The first kappa shape index (κ1) is 27.8. The maximum atomic E-state index is 13.2. The minimum absolute atomic E-state index is 0.000450. The van der Waals surface area contributed by atoms with Gasteiger partial charge in [0.15, 0.2) is 6.10 Å². The lowest BCUT2D eigenvalue weighted by atomic mass is 9.73. The van der Waals surface area contributed by atoms with Crippen molar-refractivity contribution in [2.75, 3.05) is 26.7 Å². The molecule has 1 spiro atoms. The average Bonchev–Trinajstić information content (AvgIpc) is 3.45. The van der Waals surface area contributed by atoms with E-state index in [1.165, 1.54) is 0 Å². The highest BCUT2D eigenvalue weighted by Gasteiger charge is 2.38. The van der Waals surface area contributed by atoms with Crippen molar-refractivity contribution in [3.63, 3.8) is 0 Å². The van der Waals surface area contributed by atoms with Gasteiger partial charge < -0.3 is 19.1 Å². The van der Waals surface area contributed by atoms with Crippen molar-refractivity contribution in [2.24, 2.45) is 5.41 Å². The first-order valence-corrected chi connectivity index (χ1v) is 14.4. The van der Waals surface area contributed by atoms with Crippen molar-refractivity contribution in [2.45, 2.75) is 70.8 Å². The molecule has 0 saturated carbocycles. The van der Waals surface area contributed by atoms with Gasteiger partial charge in [-0.25, -0.2) is 0 Å². The predicted octanol–water partition coefficient (Wildman–Crippen LogP) is 4.72. The average molecular weight is 546 g/mol. The van der Waals surface area contributed by atoms with Crippen molar-refractivity contribution in [3.8, 4) is 17.3 Å². The number of ether oxygens (including phenoxy) is 1. The molecule has 0 bridgehead atoms. The van der Waals surface area contributed by atoms with Crippen LogP contribution in [0.1, 0.15) is 63.3 Å². The molecule has 1 fully saturated rings. The second-order valence-corrected chi connectivity index (χ2v) is 11.2. The molecule has 4 heterocycles. The Hall–Kier alpha value is -3.75. The van der Waals surface area contributed by atoms with E-state index >= 15 is 0 Å². The van der Waals surface area contributed by atoms with Gasteiger partial charge in [0, 0.05) is 45.7 Å². The summed E-state index contributed by atoms with van der Waals surface area (Å²) in [6, 6.07) is 13.6. The van der Waals surface area contributed by atoms with E-state index in [-0.39, 0.29) is 17.2 Å². The molecule has 1 atom stereocenters. The number of fused-ring (bicyclic) bond motifs is 1. The van der Waals surface area contributed by atoms with Crippen LogP contribution in [0.3, 0.4) is 0 Å². The lowest BCUT2D eigenvalue weighted by Crippen LogP contribution is -2.50. The molecule has 2 aliphatic rings. The molecule has 9 heteroatoms. The first-order chi connectivity index (χ1) is 19.4. The molecule has 5 rings (SSSR count). The second kappa shape index (κ2) is 12.6. The fraction of sp³-hybridized carbons (Fsp3) is 0.516. The van der Waals surface area contributed by atoms with E-state index < -0.39 is 6.10 Å². The van der Waals surface area contributed by atoms with Crippen LogP contribution in [0.5, 0.6) is 5.75 Å². The Morgan fingerprint density at radius 3 is 2.67 bits per heavy atom. The van der Waals surface area contributed by atoms with Crippen molar-refractivity contribution in [1.82, 2.24) is 24.9 Å². The molecule has 2 aromatic heterocycles. The quantitative estimate of drug-likeness (QED) is 0.457. The molecule has 1 saturated heterocycles. The van der Waals surface area contributed by atoms with Gasteiger partial charge in [0.05, 0.1) is 0 Å². The highest BCUT2D eigenvalue weighted by molar-refractivity contribution is 5.80. The van der Waals surface area contributed by atoms with Crippen LogP contribution in [0, 0.1) is 5.41 Å². The summed E-state index contributed by atoms with van der Waals surface area (Å²) in [7, 11) is 1.88. The summed E-state index contributed by atoms with van der Waals surface area (Å²) in [5, 5.41) is 4.01. The summed E-state index contributed by atoms with van der Waals surface area (Å²) in [6.45, 7) is 3.97. The second-order valence-electron chi connectivity index (χ2n) is 11.2. The van der Waals surface area contributed by atoms with Crippen LogP contribution < -0.4 is 4.74 Å². The van der Waals surface area contributed by atoms with Crippen molar-refractivity contribution in [3.05, 3.63) is 60.1 Å². The number of aromatic nitrogens is 3. The van der Waals surface area contributed by atoms with Gasteiger partial charge in [0.1, 0.15) is 11.4 Å². The molecule has 9 nitrogen and oxygen atoms in total. The zero-order valence-corrected chi connectivity index (χ0v) is 23.6. The number of hydrogen-bond acceptors (Lipinski definition) is 7. The summed E-state index contributed by atoms with van der Waals surface area (Å²) in [5.41, 5.74) is 1.85. The topological polar surface area (TPSA) is 102 Å². The number of likely N-dealkylation sites (N-methyl/N-ethyl adjacent to an activating group) is 1. The van der Waals surface area contributed by atoms with Crippen molar-refractivity contribution in [1.29, 1.82) is 0 Å². The Morgan fingerprint density at radius 1 is 1.07 bits per heavy atom. The lowest BCUT2D eigenvalue weighted by Gasteiger charge is -2.44. The van der Waals surface area contributed by atoms with E-state index in [0.717, 1.165) is 62.9 Å². The van der Waals surface area contributed by atoms with E-state index in [2.05, 4.69) is 21.2 Å². The minimum Gasteiger partial charge on any atom is -0.481 e. The summed E-state index contributed by atoms with van der Waals surface area (Å²) >= 11 is 0. The van der Waals surface area contributed by atoms with Crippen LogP contribution in [-0.2, 0) is 22.4 Å². The molecule has 2 amide bonds. The Balaban J connectivity index is 1.14. The number of hydrogen-bond donors (Lipinski definition) is 0. The predicted molar refractivity (Wildman–Crippen MR) is 150 cm³/mol. The van der Waals surface area contributed by atoms with Crippen LogP contribution in [0.2, 0.25) is 0 Å². The maximum Gasteiger partial charge on any atom is 0.263 e. The van der Waals surface area contributed by atoms with Gasteiger partial charge in [-0.1, -0.05) is 35.8 Å². The number of rotatable bonds is 5. The number of carbonyl (C=O) groups is 2. The number of amides is 2. The summed E-state index contributed by atoms with van der Waals surface area (Å²) in [5.74, 6) is 1.96. The molecule has 212 valence electrons. The Bertz CT molecular complexity index is 1290. The number of carbonyl (C=O) groups excluding carboxylic acids is 2. The van der Waals surface area contributed by atoms with Gasteiger partial charge in [-0.15, -0.1) is 0 Å². The molecular formula is C31H39N5O4. The molecule has 40 heavy (non-hydrogen) atoms. The Morgan fingerprint density at radius 2 is 1.88 bits per heavy atom. The van der Waals surface area contributed by atoms with E-state index in [1.807, 2.05) is 60.2 Å². The molecular weight excluding hydrogens is 506 g/mol. The van der Waals surface area contributed by atoms with Crippen LogP contribution in [0.15, 0.2) is 53.2 Å². The van der Waals surface area contributed by atoms with Gasteiger partial charge in [-0.05, 0) is 74.6 Å². The fourth-order valence-corrected chi connectivity index (χ4v) is 6.00. The van der Waals surface area contributed by atoms with Crippen LogP contribution in [0.25, 0.3) is 11.5 Å². The number of para-hydroxylation sites is 1. The third-order valence-electron chi connectivity index (χ3n) is 8.30. The number of benzene rings is 1. The van der Waals surface area contributed by atoms with Crippen molar-refractivity contribution < 1.29 is 18.8 Å². The van der Waals surface area contributed by atoms with E-state index in [1.54, 1.807) is 6.20 Å². The van der Waals surface area contributed by atoms with Crippen LogP contribution >= 0.6 is 0 Å². The van der Waals surface area contributed by atoms with Gasteiger partial charge in [0.25, 0.3) is 5.91 Å². The Kier molecular flexibility index (Phi) is 8.77. The summed E-state index contributed by atoms with van der Waals surface area (Å²) < 4.78 is 11.5. The van der Waals surface area contributed by atoms with E-state index in [4.69, 9.17) is 9.26 Å². The number of pyridine rings is 1. The fourth-order valence-electron chi connectivity index (χ4n) is 6.00. The molecule has 2 aliphatic heterocycles. The third kappa shape index (κ3) is 6.69. The molecule has 0 aliphatic carbocycles. The number of nitrogens with zero attached hydrogens (tertiary/aromatic N) is 5. The van der Waals surface area contributed by atoms with Gasteiger partial charge in [0.2, 0.25) is 17.6 Å². The van der Waals surface area contributed by atoms with E-state index in [9.17, 15) is 9.59 Å². The first-order valence-electron chi connectivity index (χ1n) is 14.4. The van der Waals surface area contributed by atoms with E-state index in [0.29, 0.717) is 43.2 Å². The number of likely N-dealkylation sites (tertiary alicyclic amines) is 1. The maximum absolute atomic E-state index is 13.2. The van der Waals surface area contributed by atoms with Crippen molar-refractivity contribution >= 4 is 11.8 Å². The monoisotopic (exact) mass is 545 g/mol. The smallest absolute Gasteiger partial charge is 0.263 e. The lowest BCUT2D eigenvalue weighted by molar-refractivity contribution is -0.140. The Labute approximate surface area is 235 Å². The molecule has 3 aromatic rings. The third-order valence-corrected chi connectivity index (χ3v) is 8.30. The highest BCUT2D eigenvalue weighted by atomic mass is 16.5. The molecule has 0 radical (unpaired) electrons. The summed E-state index contributed by atoms with van der Waals surface area (Å²) in [4.78, 5) is 38.7. The van der Waals surface area contributed by atoms with Crippen LogP contribution in [0.4, 0.5) is 0 Å². The number of piperidine rings is 1. The standard InChI is InChI=1S/C31H39N5O4/c1-23-30(38)35(2)22-31(16-7-5-11-24-10-3-4-13-26(24)39-23)17-20-36(21-18-31)28(37)15-9-14-27-33-29(34-40-27)25-12-6-8-19-32-25/h3-4,6,8,10,12-13,19,23H,5,7,9,11,14-18,20-22H2,1-2H3/t23-/m1/s1. The minimum atomic E-state index is -0.539. The van der Waals surface area contributed by atoms with Gasteiger partial charge in [-0.2, -0.15) is 4.98 Å². The van der Waals surface area contributed by atoms with Gasteiger partial charge >= 0.3 is 0 Å². The zero-order valence-electron chi connectivity index (χ0n) is 23.6.